The summed E-state index contributed by atoms with van der Waals surface area (Å²) in [4.78, 5) is 30.1. The van der Waals surface area contributed by atoms with Crippen LogP contribution >= 0.6 is 0 Å². The minimum atomic E-state index is -2.69. The van der Waals surface area contributed by atoms with Gasteiger partial charge in [0.1, 0.15) is 5.69 Å². The Kier molecular flexibility index (Phi) is 5.91. The number of imidazole rings is 1. The maximum absolute atomic E-state index is 13.9. The van der Waals surface area contributed by atoms with Crippen molar-refractivity contribution in [2.75, 3.05) is 0 Å². The van der Waals surface area contributed by atoms with Gasteiger partial charge in [0, 0.05) is 30.7 Å². The molecule has 2 saturated carbocycles. The first-order valence-corrected chi connectivity index (χ1v) is 12.9. The largest absolute Gasteiger partial charge is 0.353 e. The Balaban J connectivity index is 1.27. The molecule has 6 rings (SSSR count). The maximum Gasteiger partial charge on any atom is 0.276 e. The van der Waals surface area contributed by atoms with E-state index in [4.69, 9.17) is 9.61 Å². The van der Waals surface area contributed by atoms with E-state index in [1.165, 1.54) is 0 Å². The Morgan fingerprint density at radius 3 is 2.76 bits per heavy atom. The molecule has 0 bridgehead atoms. The van der Waals surface area contributed by atoms with E-state index in [9.17, 15) is 18.4 Å². The molecule has 12 heteroatoms. The molecule has 0 radical (unpaired) electrons. The highest BCUT2D eigenvalue weighted by Gasteiger charge is 2.40. The second kappa shape index (κ2) is 9.14. The number of nitrogens with one attached hydrogen (secondary N) is 2. The van der Waals surface area contributed by atoms with E-state index in [0.717, 1.165) is 24.8 Å². The van der Waals surface area contributed by atoms with Gasteiger partial charge in [-0.05, 0) is 68.2 Å². The van der Waals surface area contributed by atoms with Crippen LogP contribution in [0.3, 0.4) is 0 Å². The molecule has 1 saturated heterocycles. The summed E-state index contributed by atoms with van der Waals surface area (Å²) in [6, 6.07) is 1.44. The van der Waals surface area contributed by atoms with E-state index in [0.29, 0.717) is 23.5 Å². The molecule has 3 aliphatic rings. The Morgan fingerprint density at radius 1 is 1.27 bits per heavy atom. The fourth-order valence-corrected chi connectivity index (χ4v) is 5.63. The molecule has 3 fully saturated rings. The number of rotatable bonds is 7. The molecule has 0 aromatic carbocycles. The maximum atomic E-state index is 13.9. The number of nitrogens with zero attached hydrogens (tertiary/aromatic N) is 5. The normalized spacial score (nSPS) is 24.8. The zero-order valence-electron chi connectivity index (χ0n) is 20.5. The van der Waals surface area contributed by atoms with E-state index in [1.807, 2.05) is 13.0 Å². The van der Waals surface area contributed by atoms with Gasteiger partial charge in [-0.25, -0.2) is 22.9 Å². The topological polar surface area (TPSA) is 127 Å². The number of alkyl halides is 2. The molecule has 0 spiro atoms. The van der Waals surface area contributed by atoms with Crippen LogP contribution in [0.15, 0.2) is 23.1 Å². The lowest BCUT2D eigenvalue weighted by molar-refractivity contribution is -0.122. The number of hydrogen-bond donors (Lipinski definition) is 2. The van der Waals surface area contributed by atoms with Gasteiger partial charge < -0.3 is 10.6 Å². The summed E-state index contributed by atoms with van der Waals surface area (Å²) in [5, 5.41) is 18.1. The molecule has 3 aromatic heterocycles. The third-order valence-electron chi connectivity index (χ3n) is 7.81. The molecule has 2 amide bonds. The molecule has 37 heavy (non-hydrogen) atoms. The van der Waals surface area contributed by atoms with Crippen molar-refractivity contribution in [3.63, 3.8) is 0 Å². The zero-order chi connectivity index (χ0) is 25.7. The number of aromatic nitrogens is 5. The second-order valence-electron chi connectivity index (χ2n) is 10.8. The monoisotopic (exact) mass is 513 g/mol. The van der Waals surface area contributed by atoms with Gasteiger partial charge in [-0.15, -0.1) is 0 Å². The van der Waals surface area contributed by atoms with Crippen molar-refractivity contribution in [1.29, 1.82) is 0 Å². The number of amides is 2. The highest BCUT2D eigenvalue weighted by atomic mass is 19.3. The predicted octanol–water partition coefficient (Wildman–Crippen LogP) is 3.35. The molecular weight excluding hydrogens is 484 g/mol. The average molecular weight is 514 g/mol. The Morgan fingerprint density at radius 2 is 2.05 bits per heavy atom. The fraction of sp³-hybridized carbons (Fsp3) is 0.600. The van der Waals surface area contributed by atoms with Crippen molar-refractivity contribution in [2.24, 2.45) is 11.8 Å². The van der Waals surface area contributed by atoms with Crippen molar-refractivity contribution in [3.05, 3.63) is 41.1 Å². The zero-order valence-corrected chi connectivity index (χ0v) is 20.5. The number of carbonyl (C=O) groups is 2. The van der Waals surface area contributed by atoms with Gasteiger partial charge in [0.25, 0.3) is 5.91 Å². The number of fused-ring (bicyclic) bond motifs is 1. The van der Waals surface area contributed by atoms with E-state index in [2.05, 4.69) is 26.0 Å². The number of halogens is 2. The van der Waals surface area contributed by atoms with Gasteiger partial charge >= 0.3 is 0 Å². The van der Waals surface area contributed by atoms with Gasteiger partial charge in [0.2, 0.25) is 11.8 Å². The lowest BCUT2D eigenvalue weighted by atomic mass is 9.81. The summed E-state index contributed by atoms with van der Waals surface area (Å²) in [7, 11) is 0. The van der Waals surface area contributed by atoms with Crippen LogP contribution in [-0.4, -0.2) is 48.7 Å². The van der Waals surface area contributed by atoms with E-state index >= 15 is 0 Å². The SMILES string of the molecule is C[C@@H]1C[C@@H](Cc2cnn3cc([C@@H](NC(=O)c4nonc4C4CC4)C4CCC(F)(F)CC4)nc3c2)C(=O)N1. The smallest absolute Gasteiger partial charge is 0.276 e. The van der Waals surface area contributed by atoms with Crippen LogP contribution < -0.4 is 10.6 Å². The summed E-state index contributed by atoms with van der Waals surface area (Å²) in [6.07, 6.45) is 6.66. The molecule has 3 atom stereocenters. The third-order valence-corrected chi connectivity index (χ3v) is 7.81. The van der Waals surface area contributed by atoms with Crippen molar-refractivity contribution < 1.29 is 23.0 Å². The van der Waals surface area contributed by atoms with Crippen LogP contribution in [0.1, 0.15) is 91.3 Å². The lowest BCUT2D eigenvalue weighted by Crippen LogP contribution is -2.37. The first-order valence-electron chi connectivity index (χ1n) is 12.9. The lowest BCUT2D eigenvalue weighted by Gasteiger charge is -2.33. The van der Waals surface area contributed by atoms with Crippen molar-refractivity contribution in [2.45, 2.75) is 82.2 Å². The number of carbonyl (C=O) groups excluding carboxylic acids is 2. The second-order valence-corrected chi connectivity index (χ2v) is 10.8. The van der Waals surface area contributed by atoms with Gasteiger partial charge in [-0.2, -0.15) is 5.10 Å². The highest BCUT2D eigenvalue weighted by Crippen LogP contribution is 2.42. The van der Waals surface area contributed by atoms with E-state index < -0.39 is 17.9 Å². The van der Waals surface area contributed by atoms with Crippen LogP contribution in [0.4, 0.5) is 8.78 Å². The summed E-state index contributed by atoms with van der Waals surface area (Å²) >= 11 is 0. The molecule has 196 valence electrons. The van der Waals surface area contributed by atoms with Crippen LogP contribution in [0.5, 0.6) is 0 Å². The molecular formula is C25H29F2N7O3. The summed E-state index contributed by atoms with van der Waals surface area (Å²) in [6.45, 7) is 1.98. The van der Waals surface area contributed by atoms with E-state index in [-0.39, 0.29) is 61.1 Å². The third kappa shape index (κ3) is 4.93. The van der Waals surface area contributed by atoms with Crippen molar-refractivity contribution in [1.82, 2.24) is 35.5 Å². The molecule has 2 aliphatic carbocycles. The van der Waals surface area contributed by atoms with Gasteiger partial charge in [0.05, 0.1) is 24.1 Å². The van der Waals surface area contributed by atoms with Crippen LogP contribution in [-0.2, 0) is 11.2 Å². The summed E-state index contributed by atoms with van der Waals surface area (Å²) in [5.74, 6) is -3.26. The van der Waals surface area contributed by atoms with Gasteiger partial charge in [0.15, 0.2) is 11.3 Å². The molecule has 2 N–H and O–H groups in total. The Labute approximate surface area is 211 Å². The van der Waals surface area contributed by atoms with Crippen LogP contribution in [0, 0.1) is 11.8 Å². The quantitative estimate of drug-likeness (QED) is 0.496. The standard InChI is InChI=1S/C25H29F2N7O3/c1-13-8-17(23(35)29-13)9-14-10-19-30-18(12-34(19)28-11-14)20(16-4-6-25(26,27)7-5-16)31-24(36)22-21(15-2-3-15)32-37-33-22/h10-13,15-17,20H,2-9H2,1H3,(H,29,35)(H,31,36)/t13-,17+,20+/m1/s1. The summed E-state index contributed by atoms with van der Waals surface area (Å²) in [5.41, 5.74) is 2.69. The first kappa shape index (κ1) is 23.9. The first-order chi connectivity index (χ1) is 17.8. The minimum absolute atomic E-state index is 0.0428. The van der Waals surface area contributed by atoms with E-state index in [1.54, 1.807) is 16.9 Å². The van der Waals surface area contributed by atoms with Crippen molar-refractivity contribution >= 4 is 17.5 Å². The van der Waals surface area contributed by atoms with Crippen LogP contribution in [0.25, 0.3) is 5.65 Å². The molecule has 1 aliphatic heterocycles. The molecule has 10 nitrogen and oxygen atoms in total. The summed E-state index contributed by atoms with van der Waals surface area (Å²) < 4.78 is 34.3. The average Bonchev–Trinajstić information content (AvgIpc) is 3.28. The molecule has 0 unspecified atom stereocenters. The number of hydrogen-bond acceptors (Lipinski definition) is 7. The molecule has 4 heterocycles. The van der Waals surface area contributed by atoms with Gasteiger partial charge in [-0.1, -0.05) is 5.16 Å². The minimum Gasteiger partial charge on any atom is -0.353 e. The Hall–Kier alpha value is -3.44. The van der Waals surface area contributed by atoms with Gasteiger partial charge in [-0.3, -0.25) is 9.59 Å². The Bertz CT molecular complexity index is 1320. The van der Waals surface area contributed by atoms with Crippen molar-refractivity contribution in [3.8, 4) is 0 Å². The highest BCUT2D eigenvalue weighted by molar-refractivity contribution is 5.93. The van der Waals surface area contributed by atoms with Crippen LogP contribution in [0.2, 0.25) is 0 Å². The fourth-order valence-electron chi connectivity index (χ4n) is 5.63. The molecule has 3 aromatic rings. The predicted molar refractivity (Wildman–Crippen MR) is 126 cm³/mol.